The van der Waals surface area contributed by atoms with Crippen LogP contribution in [0.3, 0.4) is 0 Å². The average Bonchev–Trinajstić information content (AvgIpc) is 2.43. The van der Waals surface area contributed by atoms with E-state index in [0.717, 1.165) is 10.0 Å². The van der Waals surface area contributed by atoms with Crippen molar-refractivity contribution in [3.8, 4) is 0 Å². The number of aliphatic hydroxyl groups is 1. The van der Waals surface area contributed by atoms with Crippen LogP contribution >= 0.6 is 39.1 Å². The minimum absolute atomic E-state index is 0.413. The second-order valence-electron chi connectivity index (χ2n) is 4.44. The van der Waals surface area contributed by atoms with Crippen LogP contribution in [-0.4, -0.2) is 11.7 Å². The molecule has 5 heteroatoms. The van der Waals surface area contributed by atoms with Gasteiger partial charge in [-0.2, -0.15) is 0 Å². The van der Waals surface area contributed by atoms with Crippen LogP contribution in [0.25, 0.3) is 0 Å². The van der Waals surface area contributed by atoms with E-state index < -0.39 is 6.10 Å². The quantitative estimate of drug-likeness (QED) is 0.802. The predicted molar refractivity (Wildman–Crippen MR) is 87.3 cm³/mol. The van der Waals surface area contributed by atoms with Gasteiger partial charge in [0.1, 0.15) is 0 Å². The maximum atomic E-state index is 10.1. The van der Waals surface area contributed by atoms with E-state index in [1.54, 1.807) is 18.2 Å². The summed E-state index contributed by atoms with van der Waals surface area (Å²) in [6, 6.07) is 13.1. The Hall–Kier alpha value is -0.580. The summed E-state index contributed by atoms with van der Waals surface area (Å²) in [4.78, 5) is 0. The molecule has 2 rings (SSSR count). The number of hydrogen-bond donors (Lipinski definition) is 2. The lowest BCUT2D eigenvalue weighted by molar-refractivity contribution is 0.174. The number of aliphatic hydroxyl groups excluding tert-OH is 1. The summed E-state index contributed by atoms with van der Waals surface area (Å²) < 4.78 is 1.05. The normalized spacial score (nSPS) is 12.4. The van der Waals surface area contributed by atoms with Crippen LogP contribution in [0, 0.1) is 0 Å². The maximum Gasteiger partial charge on any atom is 0.0929 e. The fourth-order valence-electron chi connectivity index (χ4n) is 1.84. The van der Waals surface area contributed by atoms with E-state index in [1.165, 1.54) is 0 Å². The molecule has 0 spiro atoms. The third kappa shape index (κ3) is 4.47. The summed E-state index contributed by atoms with van der Waals surface area (Å²) in [5.41, 5.74) is 1.79. The van der Waals surface area contributed by atoms with Gasteiger partial charge in [0.2, 0.25) is 0 Å². The zero-order valence-electron chi connectivity index (χ0n) is 10.6. The van der Waals surface area contributed by atoms with Crippen molar-refractivity contribution in [2.45, 2.75) is 12.6 Å². The second kappa shape index (κ2) is 7.43. The van der Waals surface area contributed by atoms with Gasteiger partial charge in [0, 0.05) is 33.2 Å². The molecule has 0 aromatic heterocycles. The number of nitrogens with one attached hydrogen (secondary N) is 1. The van der Waals surface area contributed by atoms with Crippen LogP contribution in [0.15, 0.2) is 46.9 Å². The molecule has 0 aliphatic rings. The Balaban J connectivity index is 1.90. The Morgan fingerprint density at radius 3 is 2.50 bits per heavy atom. The molecule has 0 amide bonds. The number of benzene rings is 2. The second-order valence-corrected chi connectivity index (χ2v) is 6.20. The van der Waals surface area contributed by atoms with E-state index in [-0.39, 0.29) is 0 Å². The topological polar surface area (TPSA) is 32.3 Å². The molecule has 1 atom stereocenters. The molecule has 0 saturated carbocycles. The Morgan fingerprint density at radius 2 is 1.80 bits per heavy atom. The van der Waals surface area contributed by atoms with Gasteiger partial charge in [0.05, 0.1) is 6.10 Å². The molecule has 0 heterocycles. The van der Waals surface area contributed by atoms with E-state index in [1.807, 2.05) is 24.3 Å². The minimum Gasteiger partial charge on any atom is -0.387 e. The summed E-state index contributed by atoms with van der Waals surface area (Å²) >= 11 is 15.4. The zero-order valence-corrected chi connectivity index (χ0v) is 13.7. The smallest absolute Gasteiger partial charge is 0.0929 e. The van der Waals surface area contributed by atoms with E-state index in [0.29, 0.717) is 28.7 Å². The largest absolute Gasteiger partial charge is 0.387 e. The van der Waals surface area contributed by atoms with Crippen molar-refractivity contribution in [1.29, 1.82) is 0 Å². The average molecular weight is 375 g/mol. The molecule has 106 valence electrons. The first-order valence-electron chi connectivity index (χ1n) is 6.14. The van der Waals surface area contributed by atoms with Gasteiger partial charge in [-0.25, -0.2) is 0 Å². The molecule has 0 saturated heterocycles. The molecular weight excluding hydrogens is 361 g/mol. The summed E-state index contributed by atoms with van der Waals surface area (Å²) in [6.07, 6.45) is -0.684. The van der Waals surface area contributed by atoms with Gasteiger partial charge in [0.25, 0.3) is 0 Å². The predicted octanol–water partition coefficient (Wildman–Crippen LogP) is 4.58. The highest BCUT2D eigenvalue weighted by molar-refractivity contribution is 9.10. The first-order chi connectivity index (χ1) is 9.56. The number of rotatable bonds is 5. The van der Waals surface area contributed by atoms with Crippen molar-refractivity contribution in [2.24, 2.45) is 0 Å². The number of halogens is 3. The molecule has 0 bridgehead atoms. The molecule has 1 unspecified atom stereocenters. The Bertz CT molecular complexity index is 575. The fourth-order valence-corrected chi connectivity index (χ4v) is 2.52. The fraction of sp³-hybridized carbons (Fsp3) is 0.200. The molecule has 2 aromatic carbocycles. The van der Waals surface area contributed by atoms with E-state index in [2.05, 4.69) is 21.2 Å². The van der Waals surface area contributed by atoms with Crippen molar-refractivity contribution in [3.05, 3.63) is 68.1 Å². The van der Waals surface area contributed by atoms with Crippen molar-refractivity contribution >= 4 is 39.1 Å². The van der Waals surface area contributed by atoms with Crippen molar-refractivity contribution in [3.63, 3.8) is 0 Å². The molecule has 0 aliphatic heterocycles. The van der Waals surface area contributed by atoms with Crippen LogP contribution in [0.1, 0.15) is 17.2 Å². The lowest BCUT2D eigenvalue weighted by Gasteiger charge is -2.14. The standard InChI is InChI=1S/C15H14BrCl2NO/c16-11-3-1-10(2-4-11)8-19-9-15(20)13-7-12(17)5-6-14(13)18/h1-7,15,19-20H,8-9H2. The molecule has 2 aromatic rings. The highest BCUT2D eigenvalue weighted by atomic mass is 79.9. The third-order valence-corrected chi connectivity index (χ3v) is 4.01. The lowest BCUT2D eigenvalue weighted by atomic mass is 10.1. The van der Waals surface area contributed by atoms with E-state index in [9.17, 15) is 5.11 Å². The maximum absolute atomic E-state index is 10.1. The Kier molecular flexibility index (Phi) is 5.87. The summed E-state index contributed by atoms with van der Waals surface area (Å²) in [6.45, 7) is 1.10. The van der Waals surface area contributed by atoms with Gasteiger partial charge in [-0.1, -0.05) is 51.3 Å². The Morgan fingerprint density at radius 1 is 1.10 bits per heavy atom. The van der Waals surface area contributed by atoms with E-state index in [4.69, 9.17) is 23.2 Å². The van der Waals surface area contributed by atoms with Gasteiger partial charge in [-0.3, -0.25) is 0 Å². The molecule has 2 N–H and O–H groups in total. The first kappa shape index (κ1) is 15.8. The summed E-state index contributed by atoms with van der Waals surface area (Å²) in [5, 5.41) is 14.4. The molecule has 0 radical (unpaired) electrons. The van der Waals surface area contributed by atoms with Gasteiger partial charge in [-0.05, 0) is 35.9 Å². The van der Waals surface area contributed by atoms with Crippen LogP contribution in [0.5, 0.6) is 0 Å². The highest BCUT2D eigenvalue weighted by Gasteiger charge is 2.11. The zero-order chi connectivity index (χ0) is 14.5. The van der Waals surface area contributed by atoms with Crippen LogP contribution in [0.4, 0.5) is 0 Å². The monoisotopic (exact) mass is 373 g/mol. The van der Waals surface area contributed by atoms with Crippen molar-refractivity contribution in [1.82, 2.24) is 5.32 Å². The highest BCUT2D eigenvalue weighted by Crippen LogP contribution is 2.26. The van der Waals surface area contributed by atoms with Crippen LogP contribution in [-0.2, 0) is 6.54 Å². The summed E-state index contributed by atoms with van der Waals surface area (Å²) in [5.74, 6) is 0. The SMILES string of the molecule is OC(CNCc1ccc(Br)cc1)c1cc(Cl)ccc1Cl. The summed E-state index contributed by atoms with van der Waals surface area (Å²) in [7, 11) is 0. The van der Waals surface area contributed by atoms with Crippen molar-refractivity contribution < 1.29 is 5.11 Å². The van der Waals surface area contributed by atoms with Gasteiger partial charge in [0.15, 0.2) is 0 Å². The third-order valence-electron chi connectivity index (χ3n) is 2.90. The molecule has 0 aliphatic carbocycles. The van der Waals surface area contributed by atoms with Gasteiger partial charge in [-0.15, -0.1) is 0 Å². The number of hydrogen-bond acceptors (Lipinski definition) is 2. The molecule has 2 nitrogen and oxygen atoms in total. The van der Waals surface area contributed by atoms with E-state index >= 15 is 0 Å². The molecule has 0 fully saturated rings. The van der Waals surface area contributed by atoms with Crippen molar-refractivity contribution in [2.75, 3.05) is 6.54 Å². The Labute approximate surface area is 136 Å². The van der Waals surface area contributed by atoms with Gasteiger partial charge < -0.3 is 10.4 Å². The first-order valence-corrected chi connectivity index (χ1v) is 7.69. The van der Waals surface area contributed by atoms with Crippen LogP contribution in [0.2, 0.25) is 10.0 Å². The van der Waals surface area contributed by atoms with Crippen LogP contribution < -0.4 is 5.32 Å². The minimum atomic E-state index is -0.684. The van der Waals surface area contributed by atoms with Gasteiger partial charge >= 0.3 is 0 Å². The molecule has 20 heavy (non-hydrogen) atoms. The lowest BCUT2D eigenvalue weighted by Crippen LogP contribution is -2.21. The molecular formula is C15H14BrCl2NO.